The van der Waals surface area contributed by atoms with Crippen molar-refractivity contribution in [1.82, 2.24) is 19.6 Å². The molecule has 1 saturated carbocycles. The highest BCUT2D eigenvalue weighted by molar-refractivity contribution is 5.62. The van der Waals surface area contributed by atoms with Gasteiger partial charge in [-0.3, -0.25) is 4.40 Å². The van der Waals surface area contributed by atoms with Gasteiger partial charge in [0.15, 0.2) is 5.82 Å². The van der Waals surface area contributed by atoms with Gasteiger partial charge in [-0.2, -0.15) is 0 Å². The summed E-state index contributed by atoms with van der Waals surface area (Å²) in [6, 6.07) is 0.588. The normalized spacial score (nSPS) is 25.2. The molecule has 2 aromatic rings. The van der Waals surface area contributed by atoms with Gasteiger partial charge in [0.2, 0.25) is 5.65 Å². The molecule has 6 nitrogen and oxygen atoms in total. The van der Waals surface area contributed by atoms with Gasteiger partial charge in [-0.05, 0) is 6.42 Å². The molecular weight excluding hydrogens is 180 g/mol. The van der Waals surface area contributed by atoms with Gasteiger partial charge in [-0.1, -0.05) is 0 Å². The van der Waals surface area contributed by atoms with Gasteiger partial charge in [0.1, 0.15) is 6.33 Å². The average molecular weight is 190 g/mol. The van der Waals surface area contributed by atoms with Crippen LogP contribution in [0.25, 0.3) is 5.65 Å². The Bertz CT molecular complexity index is 464. The van der Waals surface area contributed by atoms with Crippen LogP contribution in [0.15, 0.2) is 18.7 Å². The molecule has 2 heterocycles. The van der Waals surface area contributed by atoms with Crippen molar-refractivity contribution in [1.29, 1.82) is 0 Å². The molecule has 1 aliphatic carbocycles. The highest BCUT2D eigenvalue weighted by Crippen LogP contribution is 2.23. The zero-order valence-corrected chi connectivity index (χ0v) is 7.46. The number of nitrogens with two attached hydrogens (primary N) is 1. The first-order chi connectivity index (χ1) is 6.84. The third kappa shape index (κ3) is 1.12. The SMILES string of the molecule is NC1CC1Nc1nccn2cnnc12. The Kier molecular flexibility index (Phi) is 1.45. The Morgan fingerprint density at radius 3 is 3.21 bits per heavy atom. The van der Waals surface area contributed by atoms with Crippen molar-refractivity contribution in [2.45, 2.75) is 18.5 Å². The molecule has 72 valence electrons. The first-order valence-corrected chi connectivity index (χ1v) is 4.51. The molecule has 0 radical (unpaired) electrons. The summed E-state index contributed by atoms with van der Waals surface area (Å²) in [5.41, 5.74) is 6.44. The van der Waals surface area contributed by atoms with Crippen LogP contribution in [-0.4, -0.2) is 31.7 Å². The van der Waals surface area contributed by atoms with Crippen LogP contribution >= 0.6 is 0 Å². The van der Waals surface area contributed by atoms with Gasteiger partial charge in [-0.15, -0.1) is 10.2 Å². The fraction of sp³-hybridized carbons (Fsp3) is 0.375. The topological polar surface area (TPSA) is 81.1 Å². The maximum Gasteiger partial charge on any atom is 0.203 e. The maximum atomic E-state index is 5.70. The molecule has 2 unspecified atom stereocenters. The van der Waals surface area contributed by atoms with E-state index in [0.29, 0.717) is 6.04 Å². The lowest BCUT2D eigenvalue weighted by atomic mass is 10.5. The van der Waals surface area contributed by atoms with Crippen molar-refractivity contribution >= 4 is 11.5 Å². The van der Waals surface area contributed by atoms with Gasteiger partial charge in [-0.25, -0.2) is 4.98 Å². The summed E-state index contributed by atoms with van der Waals surface area (Å²) >= 11 is 0. The highest BCUT2D eigenvalue weighted by atomic mass is 15.3. The summed E-state index contributed by atoms with van der Waals surface area (Å²) in [6.45, 7) is 0. The van der Waals surface area contributed by atoms with E-state index in [-0.39, 0.29) is 6.04 Å². The molecule has 1 aliphatic rings. The Hall–Kier alpha value is -1.69. The quantitative estimate of drug-likeness (QED) is 0.675. The number of hydrogen-bond donors (Lipinski definition) is 2. The van der Waals surface area contributed by atoms with E-state index in [1.165, 1.54) is 0 Å². The first kappa shape index (κ1) is 7.69. The predicted molar refractivity (Wildman–Crippen MR) is 50.8 cm³/mol. The van der Waals surface area contributed by atoms with Crippen molar-refractivity contribution in [3.05, 3.63) is 18.7 Å². The monoisotopic (exact) mass is 190 g/mol. The molecule has 2 atom stereocenters. The Balaban J connectivity index is 1.98. The molecule has 0 bridgehead atoms. The highest BCUT2D eigenvalue weighted by Gasteiger charge is 2.34. The molecule has 0 amide bonds. The maximum absolute atomic E-state index is 5.70. The second kappa shape index (κ2) is 2.65. The molecular formula is C8H10N6. The van der Waals surface area contributed by atoms with E-state index in [0.717, 1.165) is 17.9 Å². The van der Waals surface area contributed by atoms with Crippen LogP contribution in [0.4, 0.5) is 5.82 Å². The van der Waals surface area contributed by atoms with Crippen LogP contribution in [0.5, 0.6) is 0 Å². The van der Waals surface area contributed by atoms with Gasteiger partial charge in [0.05, 0.1) is 0 Å². The summed E-state index contributed by atoms with van der Waals surface area (Å²) in [5.74, 6) is 0.753. The Labute approximate surface area is 80.2 Å². The van der Waals surface area contributed by atoms with Crippen LogP contribution in [0.3, 0.4) is 0 Å². The van der Waals surface area contributed by atoms with Crippen molar-refractivity contribution in [3.8, 4) is 0 Å². The molecule has 3 rings (SSSR count). The van der Waals surface area contributed by atoms with E-state index in [1.54, 1.807) is 12.5 Å². The zero-order chi connectivity index (χ0) is 9.54. The number of anilines is 1. The standard InChI is InChI=1S/C8H10N6/c9-5-3-6(5)12-7-8-13-11-4-14(8)2-1-10-7/h1-2,4-6H,3,9H2,(H,10,12). The minimum Gasteiger partial charge on any atom is -0.363 e. The smallest absolute Gasteiger partial charge is 0.203 e. The fourth-order valence-corrected chi connectivity index (χ4v) is 1.42. The molecule has 2 aromatic heterocycles. The largest absolute Gasteiger partial charge is 0.363 e. The predicted octanol–water partition coefficient (Wildman–Crippen LogP) is -0.364. The van der Waals surface area contributed by atoms with E-state index in [4.69, 9.17) is 5.73 Å². The third-order valence-corrected chi connectivity index (χ3v) is 2.38. The van der Waals surface area contributed by atoms with E-state index in [1.807, 2.05) is 10.6 Å². The van der Waals surface area contributed by atoms with Gasteiger partial charge >= 0.3 is 0 Å². The number of nitrogens with zero attached hydrogens (tertiary/aromatic N) is 4. The van der Waals surface area contributed by atoms with Gasteiger partial charge in [0.25, 0.3) is 0 Å². The van der Waals surface area contributed by atoms with Crippen molar-refractivity contribution in [3.63, 3.8) is 0 Å². The molecule has 0 aliphatic heterocycles. The van der Waals surface area contributed by atoms with Gasteiger partial charge < -0.3 is 11.1 Å². The van der Waals surface area contributed by atoms with Crippen molar-refractivity contribution in [2.24, 2.45) is 5.73 Å². The number of nitrogens with one attached hydrogen (secondary N) is 1. The number of hydrogen-bond acceptors (Lipinski definition) is 5. The Morgan fingerprint density at radius 2 is 2.43 bits per heavy atom. The van der Waals surface area contributed by atoms with E-state index in [2.05, 4.69) is 20.5 Å². The third-order valence-electron chi connectivity index (χ3n) is 2.38. The van der Waals surface area contributed by atoms with Crippen molar-refractivity contribution in [2.75, 3.05) is 5.32 Å². The number of rotatable bonds is 2. The summed E-state index contributed by atoms with van der Waals surface area (Å²) in [4.78, 5) is 4.20. The molecule has 14 heavy (non-hydrogen) atoms. The molecule has 6 heteroatoms. The molecule has 0 saturated heterocycles. The minimum absolute atomic E-state index is 0.250. The first-order valence-electron chi connectivity index (χ1n) is 4.51. The Morgan fingerprint density at radius 1 is 1.57 bits per heavy atom. The fourth-order valence-electron chi connectivity index (χ4n) is 1.42. The molecule has 0 spiro atoms. The van der Waals surface area contributed by atoms with E-state index >= 15 is 0 Å². The number of aromatic nitrogens is 4. The summed E-state index contributed by atoms with van der Waals surface area (Å²) in [5, 5.41) is 11.0. The summed E-state index contributed by atoms with van der Waals surface area (Å²) < 4.78 is 1.82. The number of fused-ring (bicyclic) bond motifs is 1. The zero-order valence-electron chi connectivity index (χ0n) is 7.46. The van der Waals surface area contributed by atoms with Crippen LogP contribution in [0.1, 0.15) is 6.42 Å². The van der Waals surface area contributed by atoms with Crippen LogP contribution in [0.2, 0.25) is 0 Å². The van der Waals surface area contributed by atoms with Crippen molar-refractivity contribution < 1.29 is 0 Å². The lowest BCUT2D eigenvalue weighted by molar-refractivity contribution is 0.990. The van der Waals surface area contributed by atoms with Crippen LogP contribution in [-0.2, 0) is 0 Å². The second-order valence-corrected chi connectivity index (χ2v) is 3.49. The lowest BCUT2D eigenvalue weighted by Gasteiger charge is -2.03. The summed E-state index contributed by atoms with van der Waals surface area (Å²) in [7, 11) is 0. The van der Waals surface area contributed by atoms with Crippen LogP contribution in [0, 0.1) is 0 Å². The average Bonchev–Trinajstić information content (AvgIpc) is 2.69. The molecule has 3 N–H and O–H groups in total. The summed E-state index contributed by atoms with van der Waals surface area (Å²) in [6.07, 6.45) is 6.17. The lowest BCUT2D eigenvalue weighted by Crippen LogP contribution is -2.14. The molecule has 0 aromatic carbocycles. The van der Waals surface area contributed by atoms with E-state index < -0.39 is 0 Å². The second-order valence-electron chi connectivity index (χ2n) is 3.49. The molecule has 1 fully saturated rings. The van der Waals surface area contributed by atoms with Crippen LogP contribution < -0.4 is 11.1 Å². The van der Waals surface area contributed by atoms with E-state index in [9.17, 15) is 0 Å². The minimum atomic E-state index is 0.250. The van der Waals surface area contributed by atoms with Gasteiger partial charge in [0, 0.05) is 24.5 Å².